The third kappa shape index (κ3) is 3.71. The molecule has 0 spiro atoms. The Hall–Kier alpha value is -2.74. The first-order valence-corrected chi connectivity index (χ1v) is 9.68. The van der Waals surface area contributed by atoms with Crippen LogP contribution in [0.4, 0.5) is 5.69 Å². The van der Waals surface area contributed by atoms with E-state index in [4.69, 9.17) is 4.74 Å². The third-order valence-corrected chi connectivity index (χ3v) is 5.68. The van der Waals surface area contributed by atoms with E-state index >= 15 is 0 Å². The van der Waals surface area contributed by atoms with Crippen LogP contribution in [-0.2, 0) is 11.2 Å². The average molecular weight is 383 g/mol. The summed E-state index contributed by atoms with van der Waals surface area (Å²) in [6.45, 7) is 5.00. The van der Waals surface area contributed by atoms with E-state index in [9.17, 15) is 4.79 Å². The van der Waals surface area contributed by atoms with Crippen molar-refractivity contribution < 1.29 is 9.53 Å². The van der Waals surface area contributed by atoms with Crippen LogP contribution >= 0.6 is 11.3 Å². The molecular formula is C19H21N5O2S. The third-order valence-electron chi connectivity index (χ3n) is 4.77. The molecular weight excluding hydrogens is 362 g/mol. The van der Waals surface area contributed by atoms with E-state index in [0.717, 1.165) is 52.7 Å². The first-order valence-electron chi connectivity index (χ1n) is 8.87. The van der Waals surface area contributed by atoms with Crippen LogP contribution in [0.15, 0.2) is 30.7 Å². The van der Waals surface area contributed by atoms with Crippen molar-refractivity contribution in [1.82, 2.24) is 19.9 Å². The molecule has 8 heteroatoms. The lowest BCUT2D eigenvalue weighted by Crippen LogP contribution is -2.49. The van der Waals surface area contributed by atoms with Crippen molar-refractivity contribution in [1.29, 1.82) is 0 Å². The zero-order chi connectivity index (χ0) is 18.8. The number of amides is 1. The minimum Gasteiger partial charge on any atom is -0.480 e. The van der Waals surface area contributed by atoms with Crippen LogP contribution in [0, 0.1) is 6.92 Å². The smallest absolute Gasteiger partial charge is 0.228 e. The minimum absolute atomic E-state index is 0.173. The largest absolute Gasteiger partial charge is 0.480 e. The maximum absolute atomic E-state index is 12.5. The Morgan fingerprint density at radius 2 is 2.00 bits per heavy atom. The van der Waals surface area contributed by atoms with Crippen LogP contribution in [0.2, 0.25) is 0 Å². The number of carbonyl (C=O) groups excluding carboxylic acids is 1. The van der Waals surface area contributed by atoms with Gasteiger partial charge in [0.15, 0.2) is 0 Å². The number of aryl methyl sites for hydroxylation is 1. The highest BCUT2D eigenvalue weighted by Crippen LogP contribution is 2.27. The molecule has 140 valence electrons. The summed E-state index contributed by atoms with van der Waals surface area (Å²) < 4.78 is 5.35. The fraction of sp³-hybridized carbons (Fsp3) is 0.368. The lowest BCUT2D eigenvalue weighted by molar-refractivity contribution is -0.130. The van der Waals surface area contributed by atoms with Crippen molar-refractivity contribution in [3.05, 3.63) is 40.6 Å². The monoisotopic (exact) mass is 383 g/mol. The number of ether oxygens (including phenoxy) is 1. The standard InChI is InChI=1S/C19H21N5O2S/c1-13-20-11-15(27-13)10-18(25)24-7-5-23(6-8-24)14-3-4-17-16(9-14)19(26-2)22-12-21-17/h3-4,9,11-12H,5-8,10H2,1-2H3. The molecule has 7 nitrogen and oxygen atoms in total. The molecule has 3 heterocycles. The van der Waals surface area contributed by atoms with Gasteiger partial charge in [-0.05, 0) is 25.1 Å². The number of methoxy groups -OCH3 is 1. The van der Waals surface area contributed by atoms with E-state index in [2.05, 4.69) is 32.0 Å². The molecule has 1 amide bonds. The summed E-state index contributed by atoms with van der Waals surface area (Å²) in [7, 11) is 1.61. The van der Waals surface area contributed by atoms with Gasteiger partial charge in [-0.3, -0.25) is 4.79 Å². The molecule has 0 atom stereocenters. The quantitative estimate of drug-likeness (QED) is 0.688. The molecule has 0 bridgehead atoms. The minimum atomic E-state index is 0.173. The number of hydrogen-bond donors (Lipinski definition) is 0. The molecule has 27 heavy (non-hydrogen) atoms. The first kappa shape index (κ1) is 17.7. The van der Waals surface area contributed by atoms with Crippen LogP contribution in [0.3, 0.4) is 0 Å². The van der Waals surface area contributed by atoms with Crippen LogP contribution < -0.4 is 9.64 Å². The van der Waals surface area contributed by atoms with E-state index in [1.807, 2.05) is 17.9 Å². The van der Waals surface area contributed by atoms with Gasteiger partial charge in [0.2, 0.25) is 11.8 Å². The van der Waals surface area contributed by atoms with Crippen LogP contribution in [-0.4, -0.2) is 59.0 Å². The van der Waals surface area contributed by atoms with Gasteiger partial charge in [-0.15, -0.1) is 11.3 Å². The number of nitrogens with zero attached hydrogens (tertiary/aromatic N) is 5. The molecule has 3 aromatic rings. The number of aromatic nitrogens is 3. The van der Waals surface area contributed by atoms with Gasteiger partial charge in [-0.1, -0.05) is 0 Å². The maximum Gasteiger partial charge on any atom is 0.228 e. The molecule has 4 rings (SSSR count). The number of rotatable bonds is 4. The first-order chi connectivity index (χ1) is 13.1. The average Bonchev–Trinajstić information content (AvgIpc) is 3.11. The van der Waals surface area contributed by atoms with Crippen molar-refractivity contribution >= 4 is 33.8 Å². The molecule has 1 saturated heterocycles. The van der Waals surface area contributed by atoms with Crippen LogP contribution in [0.5, 0.6) is 5.88 Å². The van der Waals surface area contributed by atoms with E-state index < -0.39 is 0 Å². The lowest BCUT2D eigenvalue weighted by atomic mass is 10.2. The highest BCUT2D eigenvalue weighted by Gasteiger charge is 2.22. The Labute approximate surface area is 161 Å². The summed E-state index contributed by atoms with van der Waals surface area (Å²) in [6, 6.07) is 6.11. The normalized spacial score (nSPS) is 14.6. The second-order valence-corrected chi connectivity index (χ2v) is 7.79. The second-order valence-electron chi connectivity index (χ2n) is 6.47. The number of fused-ring (bicyclic) bond motifs is 1. The van der Waals surface area contributed by atoms with Crippen molar-refractivity contribution in [3.8, 4) is 5.88 Å². The highest BCUT2D eigenvalue weighted by atomic mass is 32.1. The number of piperazine rings is 1. The number of carbonyl (C=O) groups is 1. The summed E-state index contributed by atoms with van der Waals surface area (Å²) in [5.74, 6) is 0.752. The van der Waals surface area contributed by atoms with E-state index in [0.29, 0.717) is 12.3 Å². The number of thiazole rings is 1. The fourth-order valence-electron chi connectivity index (χ4n) is 3.34. The van der Waals surface area contributed by atoms with E-state index in [1.165, 1.54) is 6.33 Å². The topological polar surface area (TPSA) is 71.5 Å². The van der Waals surface area contributed by atoms with E-state index in [1.54, 1.807) is 24.6 Å². The molecule has 0 unspecified atom stereocenters. The van der Waals surface area contributed by atoms with Gasteiger partial charge in [0, 0.05) is 42.9 Å². The molecule has 0 saturated carbocycles. The highest BCUT2D eigenvalue weighted by molar-refractivity contribution is 7.11. The Morgan fingerprint density at radius 3 is 2.70 bits per heavy atom. The summed E-state index contributed by atoms with van der Waals surface area (Å²) in [4.78, 5) is 30.5. The maximum atomic E-state index is 12.5. The Bertz CT molecular complexity index is 966. The van der Waals surface area contributed by atoms with Gasteiger partial charge < -0.3 is 14.5 Å². The van der Waals surface area contributed by atoms with Crippen LogP contribution in [0.1, 0.15) is 9.88 Å². The van der Waals surface area contributed by atoms with Gasteiger partial charge in [-0.25, -0.2) is 15.0 Å². The lowest BCUT2D eigenvalue weighted by Gasteiger charge is -2.36. The van der Waals surface area contributed by atoms with E-state index in [-0.39, 0.29) is 5.91 Å². The predicted molar refractivity (Wildman–Crippen MR) is 105 cm³/mol. The number of hydrogen-bond acceptors (Lipinski definition) is 7. The Balaban J connectivity index is 1.43. The second kappa shape index (κ2) is 7.48. The molecule has 1 aromatic carbocycles. The van der Waals surface area contributed by atoms with Gasteiger partial charge in [-0.2, -0.15) is 0 Å². The predicted octanol–water partition coefficient (Wildman–Crippen LogP) is 2.29. The van der Waals surface area contributed by atoms with Gasteiger partial charge in [0.05, 0.1) is 29.4 Å². The summed E-state index contributed by atoms with van der Waals surface area (Å²) >= 11 is 1.59. The van der Waals surface area contributed by atoms with Gasteiger partial charge >= 0.3 is 0 Å². The molecule has 0 aliphatic carbocycles. The Kier molecular flexibility index (Phi) is 4.89. The zero-order valence-corrected chi connectivity index (χ0v) is 16.2. The Morgan fingerprint density at radius 1 is 1.19 bits per heavy atom. The fourth-order valence-corrected chi connectivity index (χ4v) is 4.13. The molecule has 1 aliphatic heterocycles. The summed E-state index contributed by atoms with van der Waals surface area (Å²) in [5.41, 5.74) is 1.96. The van der Waals surface area contributed by atoms with Crippen molar-refractivity contribution in [2.24, 2.45) is 0 Å². The molecule has 0 N–H and O–H groups in total. The van der Waals surface area contributed by atoms with Crippen molar-refractivity contribution in [2.75, 3.05) is 38.2 Å². The summed E-state index contributed by atoms with van der Waals surface area (Å²) in [6.07, 6.45) is 3.75. The van der Waals surface area contributed by atoms with Crippen molar-refractivity contribution in [3.63, 3.8) is 0 Å². The molecule has 1 aliphatic rings. The number of benzene rings is 1. The molecule has 2 aromatic heterocycles. The summed E-state index contributed by atoms with van der Waals surface area (Å²) in [5, 5.41) is 1.90. The van der Waals surface area contributed by atoms with Crippen molar-refractivity contribution in [2.45, 2.75) is 13.3 Å². The molecule has 1 fully saturated rings. The SMILES string of the molecule is COc1ncnc2ccc(N3CCN(C(=O)Cc4cnc(C)s4)CC3)cc12. The van der Waals surface area contributed by atoms with Gasteiger partial charge in [0.25, 0.3) is 0 Å². The number of anilines is 1. The van der Waals surface area contributed by atoms with Gasteiger partial charge in [0.1, 0.15) is 6.33 Å². The van der Waals surface area contributed by atoms with Crippen LogP contribution in [0.25, 0.3) is 10.9 Å². The zero-order valence-electron chi connectivity index (χ0n) is 15.4. The molecule has 0 radical (unpaired) electrons.